The number of carbonyl (C=O) groups is 2. The second kappa shape index (κ2) is 8.82. The summed E-state index contributed by atoms with van der Waals surface area (Å²) in [7, 11) is 0. The van der Waals surface area contributed by atoms with Gasteiger partial charge in [-0.2, -0.15) is 0 Å². The third-order valence-corrected chi connectivity index (χ3v) is 3.68. The van der Waals surface area contributed by atoms with Crippen molar-refractivity contribution in [1.82, 2.24) is 10.3 Å². The molecule has 0 spiro atoms. The quantitative estimate of drug-likeness (QED) is 0.753. The molecule has 132 valence electrons. The number of amides is 1. The number of anilines is 2. The molecule has 2 aromatic rings. The number of hydrogen-bond acceptors (Lipinski definition) is 5. The number of nitrogens with one attached hydrogen (secondary N) is 2. The molecule has 0 fully saturated rings. The van der Waals surface area contributed by atoms with Crippen LogP contribution in [0.15, 0.2) is 42.6 Å². The fourth-order valence-electron chi connectivity index (χ4n) is 2.06. The minimum absolute atomic E-state index is 0.128. The third-order valence-electron chi connectivity index (χ3n) is 3.68. The van der Waals surface area contributed by atoms with Gasteiger partial charge in [-0.05, 0) is 56.7 Å². The van der Waals surface area contributed by atoms with E-state index in [1.54, 1.807) is 43.3 Å². The van der Waals surface area contributed by atoms with Crippen molar-refractivity contribution in [2.45, 2.75) is 33.2 Å². The van der Waals surface area contributed by atoms with Crippen molar-refractivity contribution in [2.75, 3.05) is 11.9 Å². The molecule has 0 saturated carbocycles. The largest absolute Gasteiger partial charge is 0.462 e. The molecule has 0 aliphatic carbocycles. The Balaban J connectivity index is 1.99. The molecular formula is C19H23N3O3. The van der Waals surface area contributed by atoms with Crippen molar-refractivity contribution < 1.29 is 14.3 Å². The summed E-state index contributed by atoms with van der Waals surface area (Å²) in [5, 5.41) is 6.02. The van der Waals surface area contributed by atoms with Crippen LogP contribution >= 0.6 is 0 Å². The second-order valence-electron chi connectivity index (χ2n) is 5.64. The number of esters is 1. The maximum atomic E-state index is 12.0. The zero-order valence-corrected chi connectivity index (χ0v) is 14.7. The highest BCUT2D eigenvalue weighted by Gasteiger charge is 2.09. The normalized spacial score (nSPS) is 11.5. The lowest BCUT2D eigenvalue weighted by Crippen LogP contribution is -2.31. The molecule has 0 radical (unpaired) electrons. The summed E-state index contributed by atoms with van der Waals surface area (Å²) in [6.45, 7) is 6.09. The molecule has 0 saturated heterocycles. The topological polar surface area (TPSA) is 80.3 Å². The Morgan fingerprint density at radius 3 is 2.32 bits per heavy atom. The first-order valence-electron chi connectivity index (χ1n) is 8.34. The molecule has 2 rings (SSSR count). The minimum Gasteiger partial charge on any atom is -0.462 e. The Morgan fingerprint density at radius 1 is 1.08 bits per heavy atom. The predicted molar refractivity (Wildman–Crippen MR) is 97.1 cm³/mol. The van der Waals surface area contributed by atoms with Crippen molar-refractivity contribution in [1.29, 1.82) is 0 Å². The molecular weight excluding hydrogens is 318 g/mol. The van der Waals surface area contributed by atoms with Gasteiger partial charge < -0.3 is 15.4 Å². The molecule has 1 unspecified atom stereocenters. The lowest BCUT2D eigenvalue weighted by molar-refractivity contribution is 0.0526. The minimum atomic E-state index is -0.344. The van der Waals surface area contributed by atoms with Crippen LogP contribution in [0.5, 0.6) is 0 Å². The highest BCUT2D eigenvalue weighted by atomic mass is 16.5. The number of aromatic nitrogens is 1. The summed E-state index contributed by atoms with van der Waals surface area (Å²) in [6.07, 6.45) is 2.41. The summed E-state index contributed by atoms with van der Waals surface area (Å²) in [5.74, 6) is 0.139. The Kier molecular flexibility index (Phi) is 6.51. The summed E-state index contributed by atoms with van der Waals surface area (Å²) < 4.78 is 4.95. The number of nitrogens with zero attached hydrogens (tertiary/aromatic N) is 1. The van der Waals surface area contributed by atoms with Crippen LogP contribution in [0.25, 0.3) is 0 Å². The van der Waals surface area contributed by atoms with Crippen LogP contribution in [0, 0.1) is 0 Å². The van der Waals surface area contributed by atoms with Crippen LogP contribution in [-0.2, 0) is 4.74 Å². The van der Waals surface area contributed by atoms with Crippen molar-refractivity contribution in [3.63, 3.8) is 0 Å². The van der Waals surface area contributed by atoms with Crippen LogP contribution in [0.1, 0.15) is 47.9 Å². The second-order valence-corrected chi connectivity index (χ2v) is 5.64. The number of benzene rings is 1. The van der Waals surface area contributed by atoms with Crippen LogP contribution in [-0.4, -0.2) is 29.5 Å². The maximum absolute atomic E-state index is 12.0. The molecule has 1 aromatic carbocycles. The average molecular weight is 341 g/mol. The zero-order valence-electron chi connectivity index (χ0n) is 14.7. The van der Waals surface area contributed by atoms with Gasteiger partial charge in [0.25, 0.3) is 5.91 Å². The van der Waals surface area contributed by atoms with Gasteiger partial charge in [0.2, 0.25) is 0 Å². The lowest BCUT2D eigenvalue weighted by Gasteiger charge is -2.11. The first kappa shape index (κ1) is 18.4. The Labute approximate surface area is 147 Å². The van der Waals surface area contributed by atoms with Crippen LogP contribution < -0.4 is 10.6 Å². The Morgan fingerprint density at radius 2 is 1.76 bits per heavy atom. The van der Waals surface area contributed by atoms with E-state index in [0.29, 0.717) is 23.6 Å². The Bertz CT molecular complexity index is 712. The van der Waals surface area contributed by atoms with Gasteiger partial charge in [0.15, 0.2) is 0 Å². The van der Waals surface area contributed by atoms with E-state index in [9.17, 15) is 9.59 Å². The fourth-order valence-corrected chi connectivity index (χ4v) is 2.06. The first-order valence-corrected chi connectivity index (χ1v) is 8.34. The highest BCUT2D eigenvalue weighted by molar-refractivity contribution is 5.94. The molecule has 0 bridgehead atoms. The zero-order chi connectivity index (χ0) is 18.2. The summed E-state index contributed by atoms with van der Waals surface area (Å²) >= 11 is 0. The van der Waals surface area contributed by atoms with Gasteiger partial charge >= 0.3 is 5.97 Å². The van der Waals surface area contributed by atoms with Gasteiger partial charge in [-0.25, -0.2) is 9.78 Å². The summed E-state index contributed by atoms with van der Waals surface area (Å²) in [5.41, 5.74) is 1.80. The van der Waals surface area contributed by atoms with Gasteiger partial charge in [-0.3, -0.25) is 4.79 Å². The summed E-state index contributed by atoms with van der Waals surface area (Å²) in [6, 6.07) is 10.5. The summed E-state index contributed by atoms with van der Waals surface area (Å²) in [4.78, 5) is 27.9. The Hall–Kier alpha value is -2.89. The highest BCUT2D eigenvalue weighted by Crippen LogP contribution is 2.16. The number of ether oxygens (including phenoxy) is 1. The first-order chi connectivity index (χ1) is 12.0. The fraction of sp³-hybridized carbons (Fsp3) is 0.316. The number of hydrogen-bond donors (Lipinski definition) is 2. The smallest absolute Gasteiger partial charge is 0.338 e. The number of pyridine rings is 1. The van der Waals surface area contributed by atoms with Crippen LogP contribution in [0.4, 0.5) is 11.5 Å². The lowest BCUT2D eigenvalue weighted by atomic mass is 10.2. The van der Waals surface area contributed by atoms with Crippen molar-refractivity contribution in [3.8, 4) is 0 Å². The molecule has 1 aromatic heterocycles. The van der Waals surface area contributed by atoms with Crippen molar-refractivity contribution >= 4 is 23.4 Å². The van der Waals surface area contributed by atoms with E-state index in [4.69, 9.17) is 4.74 Å². The van der Waals surface area contributed by atoms with E-state index < -0.39 is 0 Å². The van der Waals surface area contributed by atoms with Gasteiger partial charge in [-0.1, -0.05) is 6.92 Å². The molecule has 0 aliphatic heterocycles. The number of rotatable bonds is 7. The average Bonchev–Trinajstić information content (AvgIpc) is 2.63. The van der Waals surface area contributed by atoms with Crippen molar-refractivity contribution in [2.24, 2.45) is 0 Å². The molecule has 25 heavy (non-hydrogen) atoms. The van der Waals surface area contributed by atoms with Crippen molar-refractivity contribution in [3.05, 3.63) is 53.7 Å². The SMILES string of the molecule is CCOC(=O)c1ccc(Nc2ccc(C(=O)NC(C)CC)cn2)cc1. The molecule has 1 heterocycles. The molecule has 1 atom stereocenters. The van der Waals surface area contributed by atoms with E-state index in [-0.39, 0.29) is 17.9 Å². The number of carbonyl (C=O) groups excluding carboxylic acids is 2. The predicted octanol–water partition coefficient (Wildman–Crippen LogP) is 3.53. The van der Waals surface area contributed by atoms with E-state index in [0.717, 1.165) is 12.1 Å². The van der Waals surface area contributed by atoms with E-state index in [1.807, 2.05) is 13.8 Å². The van der Waals surface area contributed by atoms with Gasteiger partial charge in [-0.15, -0.1) is 0 Å². The van der Waals surface area contributed by atoms with Gasteiger partial charge in [0.1, 0.15) is 5.82 Å². The molecule has 0 aliphatic rings. The van der Waals surface area contributed by atoms with Crippen LogP contribution in [0.2, 0.25) is 0 Å². The van der Waals surface area contributed by atoms with E-state index >= 15 is 0 Å². The van der Waals surface area contributed by atoms with E-state index in [1.165, 1.54) is 6.20 Å². The monoisotopic (exact) mass is 341 g/mol. The molecule has 6 heteroatoms. The third kappa shape index (κ3) is 5.31. The molecule has 6 nitrogen and oxygen atoms in total. The molecule has 2 N–H and O–H groups in total. The maximum Gasteiger partial charge on any atom is 0.338 e. The van der Waals surface area contributed by atoms with E-state index in [2.05, 4.69) is 15.6 Å². The molecule has 1 amide bonds. The van der Waals surface area contributed by atoms with Crippen LogP contribution in [0.3, 0.4) is 0 Å². The standard InChI is InChI=1S/C19H23N3O3/c1-4-13(3)21-18(23)15-8-11-17(20-12-15)22-16-9-6-14(7-10-16)19(24)25-5-2/h6-13H,4-5H2,1-3H3,(H,20,22)(H,21,23). The van der Waals surface area contributed by atoms with Gasteiger partial charge in [0, 0.05) is 17.9 Å². The van der Waals surface area contributed by atoms with Gasteiger partial charge in [0.05, 0.1) is 17.7 Å².